The molecule has 4 rings (SSSR count). The fourth-order valence-corrected chi connectivity index (χ4v) is 5.40. The maximum atomic E-state index is 13.0. The second-order valence-corrected chi connectivity index (χ2v) is 9.76. The molecule has 1 unspecified atom stereocenters. The van der Waals surface area contributed by atoms with Gasteiger partial charge in [-0.2, -0.15) is 5.10 Å². The summed E-state index contributed by atoms with van der Waals surface area (Å²) in [5.74, 6) is 1.35. The van der Waals surface area contributed by atoms with Crippen LogP contribution < -0.4 is 10.1 Å². The molecule has 1 atom stereocenters. The van der Waals surface area contributed by atoms with Gasteiger partial charge in [-0.15, -0.1) is 11.3 Å². The summed E-state index contributed by atoms with van der Waals surface area (Å²) in [6.45, 7) is 9.97. The van der Waals surface area contributed by atoms with Crippen LogP contribution >= 0.6 is 11.3 Å². The van der Waals surface area contributed by atoms with Crippen molar-refractivity contribution in [3.63, 3.8) is 0 Å². The van der Waals surface area contributed by atoms with Crippen molar-refractivity contribution < 1.29 is 9.53 Å². The van der Waals surface area contributed by atoms with Gasteiger partial charge in [0, 0.05) is 18.5 Å². The molecule has 1 aliphatic rings. The van der Waals surface area contributed by atoms with Gasteiger partial charge in [0.1, 0.15) is 10.6 Å². The molecule has 0 bridgehead atoms. The van der Waals surface area contributed by atoms with Crippen LogP contribution in [0.25, 0.3) is 10.2 Å². The molecule has 0 spiro atoms. The summed E-state index contributed by atoms with van der Waals surface area (Å²) >= 11 is 1.54. The van der Waals surface area contributed by atoms with Crippen LogP contribution in [0.15, 0.2) is 30.3 Å². The highest BCUT2D eigenvalue weighted by atomic mass is 32.1. The molecule has 1 aromatic carbocycles. The summed E-state index contributed by atoms with van der Waals surface area (Å²) in [4.78, 5) is 17.3. The number of hydrogen-bond donors (Lipinski definition) is 1. The molecule has 0 radical (unpaired) electrons. The van der Waals surface area contributed by atoms with Crippen LogP contribution in [-0.2, 0) is 6.54 Å². The minimum Gasteiger partial charge on any atom is -0.497 e. The average molecular weight is 441 g/mol. The SMILES string of the molecule is COc1ccc(C(CNC(=O)c2cc3c(C)nn(CC(C)C)c3s2)N2CCCC2)cc1. The molecule has 166 valence electrons. The monoisotopic (exact) mass is 440 g/mol. The first-order valence-corrected chi connectivity index (χ1v) is 11.9. The van der Waals surface area contributed by atoms with Crippen molar-refractivity contribution in [2.45, 2.75) is 46.2 Å². The molecule has 1 saturated heterocycles. The molecule has 6 nitrogen and oxygen atoms in total. The lowest BCUT2D eigenvalue weighted by molar-refractivity contribution is 0.0942. The molecule has 1 amide bonds. The van der Waals surface area contributed by atoms with E-state index in [1.807, 2.05) is 29.8 Å². The molecule has 2 aromatic heterocycles. The van der Waals surface area contributed by atoms with Crippen LogP contribution in [0.3, 0.4) is 0 Å². The zero-order valence-corrected chi connectivity index (χ0v) is 19.7. The van der Waals surface area contributed by atoms with Gasteiger partial charge in [0.15, 0.2) is 0 Å². The van der Waals surface area contributed by atoms with Gasteiger partial charge in [0.25, 0.3) is 5.91 Å². The van der Waals surface area contributed by atoms with Crippen molar-refractivity contribution in [1.29, 1.82) is 0 Å². The molecule has 1 fully saturated rings. The number of carbonyl (C=O) groups excluding carboxylic acids is 1. The van der Waals surface area contributed by atoms with E-state index in [2.05, 4.69) is 41.3 Å². The highest BCUT2D eigenvalue weighted by molar-refractivity contribution is 7.20. The van der Waals surface area contributed by atoms with Crippen molar-refractivity contribution in [2.75, 3.05) is 26.7 Å². The van der Waals surface area contributed by atoms with Gasteiger partial charge in [-0.25, -0.2) is 0 Å². The number of methoxy groups -OCH3 is 1. The summed E-state index contributed by atoms with van der Waals surface area (Å²) in [7, 11) is 1.68. The Hall–Kier alpha value is -2.38. The molecular weight excluding hydrogens is 408 g/mol. The molecular formula is C24H32N4O2S. The highest BCUT2D eigenvalue weighted by Crippen LogP contribution is 2.30. The Kier molecular flexibility index (Phi) is 6.62. The van der Waals surface area contributed by atoms with Crippen LogP contribution in [-0.4, -0.2) is 47.3 Å². The Morgan fingerprint density at radius 1 is 1.23 bits per heavy atom. The lowest BCUT2D eigenvalue weighted by Crippen LogP contribution is -2.36. The van der Waals surface area contributed by atoms with Gasteiger partial charge >= 0.3 is 0 Å². The number of ether oxygens (including phenoxy) is 1. The molecule has 0 saturated carbocycles. The van der Waals surface area contributed by atoms with Gasteiger partial charge in [-0.05, 0) is 62.5 Å². The topological polar surface area (TPSA) is 59.4 Å². The number of benzene rings is 1. The van der Waals surface area contributed by atoms with E-state index in [0.717, 1.165) is 46.2 Å². The van der Waals surface area contributed by atoms with E-state index in [4.69, 9.17) is 4.74 Å². The molecule has 1 aliphatic heterocycles. The maximum Gasteiger partial charge on any atom is 0.261 e. The lowest BCUT2D eigenvalue weighted by Gasteiger charge is -2.28. The number of carbonyl (C=O) groups is 1. The van der Waals surface area contributed by atoms with Crippen molar-refractivity contribution >= 4 is 27.5 Å². The van der Waals surface area contributed by atoms with E-state index in [1.54, 1.807) is 7.11 Å². The summed E-state index contributed by atoms with van der Waals surface area (Å²) < 4.78 is 7.35. The van der Waals surface area contributed by atoms with Crippen LogP contribution in [0, 0.1) is 12.8 Å². The number of nitrogens with zero attached hydrogens (tertiary/aromatic N) is 3. The van der Waals surface area contributed by atoms with E-state index >= 15 is 0 Å². The third kappa shape index (κ3) is 4.77. The van der Waals surface area contributed by atoms with Gasteiger partial charge in [0.2, 0.25) is 0 Å². The van der Waals surface area contributed by atoms with Crippen LogP contribution in [0.4, 0.5) is 0 Å². The Balaban J connectivity index is 1.50. The summed E-state index contributed by atoms with van der Waals surface area (Å²) in [6.07, 6.45) is 2.42. The van der Waals surface area contributed by atoms with Crippen LogP contribution in [0.5, 0.6) is 5.75 Å². The van der Waals surface area contributed by atoms with Crippen molar-refractivity contribution in [1.82, 2.24) is 20.0 Å². The smallest absolute Gasteiger partial charge is 0.261 e. The quantitative estimate of drug-likeness (QED) is 0.554. The number of thiophene rings is 1. The summed E-state index contributed by atoms with van der Waals surface area (Å²) in [5, 5.41) is 8.94. The zero-order valence-electron chi connectivity index (χ0n) is 18.9. The number of amides is 1. The van der Waals surface area contributed by atoms with Gasteiger partial charge < -0.3 is 10.1 Å². The van der Waals surface area contributed by atoms with Crippen molar-refractivity contribution in [2.24, 2.45) is 5.92 Å². The number of nitrogens with one attached hydrogen (secondary N) is 1. The molecule has 3 aromatic rings. The van der Waals surface area contributed by atoms with Gasteiger partial charge in [0.05, 0.1) is 23.7 Å². The first-order chi connectivity index (χ1) is 15.0. The minimum atomic E-state index is -0.00518. The minimum absolute atomic E-state index is 0.00518. The molecule has 7 heteroatoms. The standard InChI is InChI=1S/C24H32N4O2S/c1-16(2)15-28-24-20(17(3)26-28)13-22(31-24)23(29)25-14-21(27-11-5-6-12-27)18-7-9-19(30-4)10-8-18/h7-10,13,16,21H,5-6,11-12,14-15H2,1-4H3,(H,25,29). The van der Waals surface area contributed by atoms with Crippen molar-refractivity contribution in [3.8, 4) is 5.75 Å². The third-order valence-corrected chi connectivity index (χ3v) is 7.05. The summed E-state index contributed by atoms with van der Waals surface area (Å²) in [6, 6.07) is 10.4. The normalized spacial score (nSPS) is 15.6. The van der Waals surface area contributed by atoms with Gasteiger partial charge in [-0.1, -0.05) is 26.0 Å². The fraction of sp³-hybridized carbons (Fsp3) is 0.500. The van der Waals surface area contributed by atoms with Crippen molar-refractivity contribution in [3.05, 3.63) is 46.5 Å². The summed E-state index contributed by atoms with van der Waals surface area (Å²) in [5.41, 5.74) is 2.20. The number of hydrogen-bond acceptors (Lipinski definition) is 5. The Bertz CT molecular complexity index is 1030. The lowest BCUT2D eigenvalue weighted by atomic mass is 10.1. The molecule has 3 heterocycles. The number of likely N-dealkylation sites (tertiary alicyclic amines) is 1. The van der Waals surface area contributed by atoms with E-state index < -0.39 is 0 Å². The number of fused-ring (bicyclic) bond motifs is 1. The average Bonchev–Trinajstić information content (AvgIpc) is 3.48. The van der Waals surface area contributed by atoms with E-state index in [-0.39, 0.29) is 11.9 Å². The number of aromatic nitrogens is 2. The molecule has 1 N–H and O–H groups in total. The Morgan fingerprint density at radius 3 is 2.58 bits per heavy atom. The Labute approximate surface area is 188 Å². The number of rotatable bonds is 8. The predicted molar refractivity (Wildman–Crippen MR) is 126 cm³/mol. The third-order valence-electron chi connectivity index (χ3n) is 5.91. The fourth-order valence-electron chi connectivity index (χ4n) is 4.31. The first-order valence-electron chi connectivity index (χ1n) is 11.1. The second kappa shape index (κ2) is 9.40. The highest BCUT2D eigenvalue weighted by Gasteiger charge is 2.25. The van der Waals surface area contributed by atoms with Crippen LogP contribution in [0.2, 0.25) is 0 Å². The van der Waals surface area contributed by atoms with E-state index in [1.165, 1.54) is 29.7 Å². The maximum absolute atomic E-state index is 13.0. The predicted octanol–water partition coefficient (Wildman–Crippen LogP) is 4.64. The zero-order chi connectivity index (χ0) is 22.0. The van der Waals surface area contributed by atoms with Crippen LogP contribution in [0.1, 0.15) is 53.7 Å². The van der Waals surface area contributed by atoms with Gasteiger partial charge in [-0.3, -0.25) is 14.4 Å². The largest absolute Gasteiger partial charge is 0.497 e. The second-order valence-electron chi connectivity index (χ2n) is 8.73. The molecule has 0 aliphatic carbocycles. The van der Waals surface area contributed by atoms with E-state index in [9.17, 15) is 4.79 Å². The number of aryl methyl sites for hydroxylation is 1. The first kappa shape index (κ1) is 21.8. The molecule has 31 heavy (non-hydrogen) atoms. The Morgan fingerprint density at radius 2 is 1.94 bits per heavy atom. The van der Waals surface area contributed by atoms with E-state index in [0.29, 0.717) is 12.5 Å².